The number of esters is 1. The molecular weight excluding hydrogens is 396 g/mol. The van der Waals surface area contributed by atoms with Gasteiger partial charge in [0.25, 0.3) is 0 Å². The molecule has 0 amide bonds. The Labute approximate surface area is 179 Å². The molecule has 0 radical (unpaired) electrons. The van der Waals surface area contributed by atoms with Gasteiger partial charge in [-0.1, -0.05) is 42.5 Å². The molecule has 156 valence electrons. The second kappa shape index (κ2) is 8.36. The Kier molecular flexibility index (Phi) is 5.45. The number of benzene rings is 3. The molecule has 0 saturated carbocycles. The van der Waals surface area contributed by atoms with Crippen molar-refractivity contribution in [3.63, 3.8) is 0 Å². The highest BCUT2D eigenvalue weighted by Crippen LogP contribution is 2.47. The number of methoxy groups -OCH3 is 1. The minimum atomic E-state index is -1.02. The number of phenols is 1. The molecule has 0 aromatic heterocycles. The molecule has 2 atom stereocenters. The Morgan fingerprint density at radius 3 is 2.26 bits per heavy atom. The van der Waals surface area contributed by atoms with Gasteiger partial charge in [-0.2, -0.15) is 0 Å². The zero-order valence-electron chi connectivity index (χ0n) is 16.7. The summed E-state index contributed by atoms with van der Waals surface area (Å²) in [5.74, 6) is -1.34. The topological polar surface area (TPSA) is 93.1 Å². The van der Waals surface area contributed by atoms with Crippen LogP contribution in [0.5, 0.6) is 17.2 Å². The fourth-order valence-corrected chi connectivity index (χ4v) is 3.85. The summed E-state index contributed by atoms with van der Waals surface area (Å²) in [6.07, 6.45) is 2.58. The van der Waals surface area contributed by atoms with E-state index < -0.39 is 17.9 Å². The van der Waals surface area contributed by atoms with Crippen molar-refractivity contribution in [1.29, 1.82) is 0 Å². The van der Waals surface area contributed by atoms with Crippen molar-refractivity contribution in [2.24, 2.45) is 0 Å². The lowest BCUT2D eigenvalue weighted by atomic mass is 9.75. The summed E-state index contributed by atoms with van der Waals surface area (Å²) in [5.41, 5.74) is 3.17. The van der Waals surface area contributed by atoms with Crippen molar-refractivity contribution in [1.82, 2.24) is 0 Å². The zero-order chi connectivity index (χ0) is 22.0. The van der Waals surface area contributed by atoms with E-state index in [4.69, 9.17) is 14.6 Å². The molecule has 0 fully saturated rings. The van der Waals surface area contributed by atoms with Crippen molar-refractivity contribution < 1.29 is 29.3 Å². The highest BCUT2D eigenvalue weighted by Gasteiger charge is 2.40. The average Bonchev–Trinajstić information content (AvgIpc) is 2.77. The van der Waals surface area contributed by atoms with Crippen LogP contribution < -0.4 is 9.47 Å². The number of rotatable bonds is 5. The van der Waals surface area contributed by atoms with Crippen LogP contribution in [0.25, 0.3) is 6.08 Å². The van der Waals surface area contributed by atoms with Crippen molar-refractivity contribution in [2.45, 2.75) is 11.8 Å². The van der Waals surface area contributed by atoms with Gasteiger partial charge in [0.2, 0.25) is 0 Å². The number of fused-ring (bicyclic) bond motifs is 1. The summed E-state index contributed by atoms with van der Waals surface area (Å²) in [6.45, 7) is 0. The number of carboxylic acid groups (broad SMARTS) is 1. The summed E-state index contributed by atoms with van der Waals surface area (Å²) in [6, 6.07) is 19.4. The van der Waals surface area contributed by atoms with Crippen molar-refractivity contribution in [3.05, 3.63) is 95.1 Å². The first-order valence-electron chi connectivity index (χ1n) is 9.66. The van der Waals surface area contributed by atoms with Gasteiger partial charge in [-0.05, 0) is 41.0 Å². The maximum Gasteiger partial charge on any atom is 0.328 e. The Bertz CT molecular complexity index is 1150. The number of hydrogen-bond donors (Lipinski definition) is 2. The van der Waals surface area contributed by atoms with Crippen LogP contribution in [0.4, 0.5) is 0 Å². The lowest BCUT2D eigenvalue weighted by Gasteiger charge is -2.32. The fraction of sp³-hybridized carbons (Fsp3) is 0.120. The van der Waals surface area contributed by atoms with Gasteiger partial charge < -0.3 is 19.7 Å². The molecule has 3 aromatic carbocycles. The Balaban J connectivity index is 1.81. The molecule has 2 N–H and O–H groups in total. The molecule has 0 spiro atoms. The third kappa shape index (κ3) is 4.14. The quantitative estimate of drug-likeness (QED) is 0.365. The predicted molar refractivity (Wildman–Crippen MR) is 114 cm³/mol. The van der Waals surface area contributed by atoms with E-state index in [0.717, 1.165) is 28.3 Å². The maximum atomic E-state index is 13.0. The summed E-state index contributed by atoms with van der Waals surface area (Å²) < 4.78 is 10.8. The molecular formula is C25H20O6. The Morgan fingerprint density at radius 2 is 1.61 bits per heavy atom. The molecule has 31 heavy (non-hydrogen) atoms. The molecule has 0 saturated heterocycles. The number of aromatic hydroxyl groups is 1. The number of carbonyl (C=O) groups excluding carboxylic acids is 1. The molecule has 4 rings (SSSR count). The van der Waals surface area contributed by atoms with E-state index in [-0.39, 0.29) is 11.7 Å². The van der Waals surface area contributed by atoms with Crippen LogP contribution in [0.3, 0.4) is 0 Å². The van der Waals surface area contributed by atoms with Crippen LogP contribution in [0, 0.1) is 0 Å². The van der Waals surface area contributed by atoms with E-state index in [1.807, 2.05) is 24.3 Å². The normalized spacial score (nSPS) is 17.8. The lowest BCUT2D eigenvalue weighted by molar-refractivity contribution is -0.137. The van der Waals surface area contributed by atoms with Gasteiger partial charge >= 0.3 is 11.9 Å². The molecule has 6 heteroatoms. The van der Waals surface area contributed by atoms with Crippen LogP contribution in [-0.2, 0) is 9.59 Å². The van der Waals surface area contributed by atoms with E-state index >= 15 is 0 Å². The number of carboxylic acids is 1. The number of ether oxygens (including phenoxy) is 2. The van der Waals surface area contributed by atoms with Crippen LogP contribution in [0.2, 0.25) is 0 Å². The molecule has 3 aromatic rings. The van der Waals surface area contributed by atoms with Gasteiger partial charge in [-0.3, -0.25) is 4.79 Å². The number of phenolic OH excluding ortho intramolecular Hbond substituents is 1. The highest BCUT2D eigenvalue weighted by atomic mass is 16.5. The van der Waals surface area contributed by atoms with Crippen molar-refractivity contribution >= 4 is 18.0 Å². The molecule has 1 aliphatic heterocycles. The second-order valence-electron chi connectivity index (χ2n) is 7.21. The smallest absolute Gasteiger partial charge is 0.328 e. The standard InChI is InChI=1S/C25H20O6/c1-30-19-10-7-17(8-11-19)24-23(16-5-2-15(3-6-16)4-13-22(27)28)20-12-9-18(26)14-21(20)31-25(24)29/h2-14,23-24,26H,1H3,(H,27,28). The highest BCUT2D eigenvalue weighted by molar-refractivity contribution is 5.86. The third-order valence-corrected chi connectivity index (χ3v) is 5.32. The maximum absolute atomic E-state index is 13.0. The molecule has 2 unspecified atom stereocenters. The zero-order valence-corrected chi connectivity index (χ0v) is 16.7. The van der Waals surface area contributed by atoms with Crippen LogP contribution >= 0.6 is 0 Å². The minimum Gasteiger partial charge on any atom is -0.508 e. The van der Waals surface area contributed by atoms with Crippen molar-refractivity contribution in [2.75, 3.05) is 7.11 Å². The van der Waals surface area contributed by atoms with Gasteiger partial charge in [0.15, 0.2) is 0 Å². The van der Waals surface area contributed by atoms with E-state index in [1.165, 1.54) is 12.1 Å². The molecule has 0 bridgehead atoms. The second-order valence-corrected chi connectivity index (χ2v) is 7.21. The van der Waals surface area contributed by atoms with E-state index in [1.54, 1.807) is 43.5 Å². The van der Waals surface area contributed by atoms with Gasteiger partial charge in [-0.15, -0.1) is 0 Å². The number of aliphatic carboxylic acids is 1. The van der Waals surface area contributed by atoms with E-state index in [2.05, 4.69) is 0 Å². The number of hydrogen-bond acceptors (Lipinski definition) is 5. The van der Waals surface area contributed by atoms with E-state index in [0.29, 0.717) is 11.5 Å². The fourth-order valence-electron chi connectivity index (χ4n) is 3.85. The van der Waals surface area contributed by atoms with Gasteiger partial charge in [0.05, 0.1) is 13.0 Å². The molecule has 6 nitrogen and oxygen atoms in total. The summed E-state index contributed by atoms with van der Waals surface area (Å²) in [7, 11) is 1.58. The largest absolute Gasteiger partial charge is 0.508 e. The SMILES string of the molecule is COc1ccc(C2C(=O)Oc3cc(O)ccc3C2c2ccc(C=CC(=O)O)cc2)cc1. The summed E-state index contributed by atoms with van der Waals surface area (Å²) in [4.78, 5) is 23.8. The van der Waals surface area contributed by atoms with Gasteiger partial charge in [0, 0.05) is 23.6 Å². The molecule has 1 heterocycles. The lowest BCUT2D eigenvalue weighted by Crippen LogP contribution is -2.30. The van der Waals surface area contributed by atoms with Crippen LogP contribution in [0.1, 0.15) is 34.1 Å². The first-order chi connectivity index (χ1) is 15.0. The minimum absolute atomic E-state index is 0.0161. The van der Waals surface area contributed by atoms with Crippen LogP contribution in [0.15, 0.2) is 72.8 Å². The first kappa shape index (κ1) is 20.2. The first-order valence-corrected chi connectivity index (χ1v) is 9.66. The van der Waals surface area contributed by atoms with Gasteiger partial charge in [0.1, 0.15) is 17.2 Å². The van der Waals surface area contributed by atoms with Crippen LogP contribution in [-0.4, -0.2) is 29.3 Å². The monoisotopic (exact) mass is 416 g/mol. The Morgan fingerprint density at radius 1 is 0.968 bits per heavy atom. The van der Waals surface area contributed by atoms with Crippen molar-refractivity contribution in [3.8, 4) is 17.2 Å². The van der Waals surface area contributed by atoms with E-state index in [9.17, 15) is 14.7 Å². The molecule has 1 aliphatic rings. The van der Waals surface area contributed by atoms with Gasteiger partial charge in [-0.25, -0.2) is 4.79 Å². The third-order valence-electron chi connectivity index (χ3n) is 5.32. The Hall–Kier alpha value is -4.06. The summed E-state index contributed by atoms with van der Waals surface area (Å²) in [5, 5.41) is 18.7. The average molecular weight is 416 g/mol. The molecule has 0 aliphatic carbocycles. The number of carbonyl (C=O) groups is 2. The predicted octanol–water partition coefficient (Wildman–Crippen LogP) is 4.33. The summed E-state index contributed by atoms with van der Waals surface area (Å²) >= 11 is 0.